The lowest BCUT2D eigenvalue weighted by atomic mass is 10.3. The molecule has 46 valence electrons. The van der Waals surface area contributed by atoms with Crippen LogP contribution in [0.3, 0.4) is 0 Å². The largest absolute Gasteiger partial charge is 0.481 e. The summed E-state index contributed by atoms with van der Waals surface area (Å²) in [5, 5.41) is 8.01. The third-order valence-electron chi connectivity index (χ3n) is 0.691. The number of rotatable bonds is 3. The lowest BCUT2D eigenvalue weighted by Crippen LogP contribution is -1.98. The molecule has 0 spiro atoms. The van der Waals surface area contributed by atoms with E-state index in [4.69, 9.17) is 5.11 Å². The number of carbonyl (C=O) groups excluding carboxylic acids is 1. The minimum absolute atomic E-state index is 0.0463. The molecule has 0 saturated heterocycles. The number of carboxylic acid groups (broad SMARTS) is 1. The van der Waals surface area contributed by atoms with Crippen molar-refractivity contribution in [1.29, 1.82) is 0 Å². The van der Waals surface area contributed by atoms with Gasteiger partial charge in [-0.25, -0.2) is 0 Å². The highest BCUT2D eigenvalue weighted by Crippen LogP contribution is 1.87. The molecule has 1 N–H and O–H groups in total. The van der Waals surface area contributed by atoms with E-state index >= 15 is 0 Å². The normalized spacial score (nSPS) is 8.62. The van der Waals surface area contributed by atoms with E-state index in [9.17, 15) is 9.59 Å². The summed E-state index contributed by atoms with van der Waals surface area (Å²) in [6, 6.07) is 0. The van der Waals surface area contributed by atoms with Gasteiger partial charge in [0.05, 0.1) is 6.42 Å². The van der Waals surface area contributed by atoms with E-state index in [0.29, 0.717) is 0 Å². The smallest absolute Gasteiger partial charge is 0.303 e. The Morgan fingerprint density at radius 2 is 1.88 bits per heavy atom. The van der Waals surface area contributed by atoms with Gasteiger partial charge in [0.2, 0.25) is 0 Å². The topological polar surface area (TPSA) is 54.4 Å². The molecule has 3 nitrogen and oxygen atoms in total. The van der Waals surface area contributed by atoms with Crippen molar-refractivity contribution in [3.05, 3.63) is 0 Å². The van der Waals surface area contributed by atoms with Crippen LogP contribution in [0.5, 0.6) is 0 Å². The number of hydrogen-bond donors (Lipinski definition) is 1. The van der Waals surface area contributed by atoms with Gasteiger partial charge in [-0.15, -0.1) is 0 Å². The lowest BCUT2D eigenvalue weighted by Gasteiger charge is -1.86. The van der Waals surface area contributed by atoms with Crippen molar-refractivity contribution in [2.75, 3.05) is 0 Å². The van der Waals surface area contributed by atoms with Gasteiger partial charge in [0.1, 0.15) is 5.78 Å². The fourth-order valence-electron chi connectivity index (χ4n) is 0.283. The van der Waals surface area contributed by atoms with Crippen LogP contribution < -0.4 is 0 Å². The third-order valence-corrected chi connectivity index (χ3v) is 0.691. The van der Waals surface area contributed by atoms with Crippen LogP contribution in [0.15, 0.2) is 0 Å². The summed E-state index contributed by atoms with van der Waals surface area (Å²) in [5.74, 6) is -0.993. The van der Waals surface area contributed by atoms with E-state index in [1.54, 1.807) is 0 Å². The molecular formula is C5H8O3. The minimum atomic E-state index is -0.916. The Kier molecular flexibility index (Phi) is 2.84. The highest BCUT2D eigenvalue weighted by atomic mass is 16.5. The van der Waals surface area contributed by atoms with Crippen molar-refractivity contribution in [1.82, 2.24) is 0 Å². The molecule has 0 aromatic rings. The number of carboxylic acids is 1. The molecule has 0 atom stereocenters. The molecule has 0 unspecified atom stereocenters. The quantitative estimate of drug-likeness (QED) is 0.545. The van der Waals surface area contributed by atoms with Crippen molar-refractivity contribution in [2.24, 2.45) is 0 Å². The minimum Gasteiger partial charge on any atom is -0.481 e. The Labute approximate surface area is 47.3 Å². The second-order valence-corrected chi connectivity index (χ2v) is 1.60. The Morgan fingerprint density at radius 1 is 1.38 bits per heavy atom. The molecule has 0 aromatic heterocycles. The molecule has 0 aliphatic heterocycles. The van der Waals surface area contributed by atoms with Gasteiger partial charge in [-0.2, -0.15) is 0 Å². The van der Waals surface area contributed by atoms with Crippen molar-refractivity contribution >= 4 is 11.8 Å². The average molecular weight is 117 g/mol. The number of aliphatic carboxylic acids is 1. The molecule has 0 rings (SSSR count). The van der Waals surface area contributed by atoms with Crippen molar-refractivity contribution in [3.8, 4) is 0 Å². The zero-order chi connectivity index (χ0) is 6.57. The zero-order valence-corrected chi connectivity index (χ0v) is 4.68. The molecule has 0 amide bonds. The maximum absolute atomic E-state index is 10.1. The first-order valence-corrected chi connectivity index (χ1v) is 2.34. The number of Topliss-reactive ketones (excluding diaryl/α,β-unsaturated/α-hetero) is 1. The summed E-state index contributed by atoms with van der Waals surface area (Å²) in [5.41, 5.74) is 0. The lowest BCUT2D eigenvalue weighted by molar-refractivity contribution is -0.138. The fraction of sp³-hybridized carbons (Fsp3) is 0.600. The van der Waals surface area contributed by atoms with E-state index in [1.807, 2.05) is 0 Å². The Morgan fingerprint density at radius 3 is 2.00 bits per heavy atom. The van der Waals surface area contributed by atoms with Crippen LogP contribution in [0.4, 0.5) is 0 Å². The highest BCUT2D eigenvalue weighted by Gasteiger charge is 1.97. The highest BCUT2D eigenvalue weighted by molar-refractivity contribution is 5.80. The number of ketones is 1. The monoisotopic (exact) mass is 117 g/mol. The number of carbonyl (C=O) groups is 2. The summed E-state index contributed by atoms with van der Waals surface area (Å²) in [4.78, 5) is 19.8. The van der Waals surface area contributed by atoms with Gasteiger partial charge in [-0.05, 0) is 6.92 Å². The van der Waals surface area contributed by atoms with Crippen molar-refractivity contribution in [3.63, 3.8) is 0 Å². The van der Waals surface area contributed by atoms with E-state index in [-0.39, 0.29) is 18.6 Å². The van der Waals surface area contributed by atoms with Gasteiger partial charge >= 0.3 is 5.97 Å². The first-order chi connectivity index (χ1) is 3.63. The first-order valence-electron chi connectivity index (χ1n) is 2.34. The summed E-state index contributed by atoms with van der Waals surface area (Å²) < 4.78 is 0. The molecule has 0 aliphatic carbocycles. The van der Waals surface area contributed by atoms with E-state index in [0.717, 1.165) is 0 Å². The van der Waals surface area contributed by atoms with E-state index in [1.165, 1.54) is 6.92 Å². The maximum Gasteiger partial charge on any atom is 0.303 e. The second-order valence-electron chi connectivity index (χ2n) is 1.60. The van der Waals surface area contributed by atoms with Crippen molar-refractivity contribution in [2.45, 2.75) is 19.8 Å². The third kappa shape index (κ3) is 5.14. The zero-order valence-electron chi connectivity index (χ0n) is 4.68. The van der Waals surface area contributed by atoms with Gasteiger partial charge in [-0.3, -0.25) is 4.79 Å². The van der Waals surface area contributed by atoms with Gasteiger partial charge in [0.25, 0.3) is 0 Å². The molecule has 0 fully saturated rings. The van der Waals surface area contributed by atoms with Crippen molar-refractivity contribution < 1.29 is 14.7 Å². The maximum atomic E-state index is 10.1. The SMILES string of the molecule is CC(=O)CC[13C](=O)O. The first kappa shape index (κ1) is 7.14. The van der Waals surface area contributed by atoms with Crippen LogP contribution in [0.25, 0.3) is 0 Å². The Balaban J connectivity index is 3.18. The van der Waals surface area contributed by atoms with Gasteiger partial charge < -0.3 is 9.90 Å². The van der Waals surface area contributed by atoms with Crippen LogP contribution in [-0.4, -0.2) is 16.9 Å². The molecule has 3 heteroatoms. The standard InChI is InChI=1S/C5H8O3/c1-4(6)2-3-5(7)8/h2-3H2,1H3,(H,7,8)/i5+1. The van der Waals surface area contributed by atoms with Crippen LogP contribution in [0.2, 0.25) is 0 Å². The number of hydrogen-bond acceptors (Lipinski definition) is 2. The predicted molar refractivity (Wildman–Crippen MR) is 27.6 cm³/mol. The Hall–Kier alpha value is -0.860. The van der Waals surface area contributed by atoms with Gasteiger partial charge in [0.15, 0.2) is 0 Å². The Bertz CT molecular complexity index is 92.2. The van der Waals surface area contributed by atoms with Gasteiger partial charge in [0, 0.05) is 6.42 Å². The van der Waals surface area contributed by atoms with Crippen LogP contribution in [-0.2, 0) is 9.59 Å². The molecule has 8 heavy (non-hydrogen) atoms. The fourth-order valence-corrected chi connectivity index (χ4v) is 0.283. The second kappa shape index (κ2) is 3.18. The molecule has 0 heterocycles. The molecule has 0 radical (unpaired) electrons. The van der Waals surface area contributed by atoms with Crippen LogP contribution >= 0.6 is 0 Å². The molecule has 0 aromatic carbocycles. The molecule has 0 aliphatic rings. The summed E-state index contributed by atoms with van der Waals surface area (Å²) in [6.45, 7) is 1.38. The average Bonchev–Trinajstić information content (AvgIpc) is 1.61. The molecular weight excluding hydrogens is 109 g/mol. The molecule has 0 bridgehead atoms. The van der Waals surface area contributed by atoms with E-state index < -0.39 is 5.97 Å². The summed E-state index contributed by atoms with van der Waals surface area (Å²) in [6.07, 6.45) is 0.102. The molecule has 0 saturated carbocycles. The predicted octanol–water partition coefficient (Wildman–Crippen LogP) is 0.440. The summed E-state index contributed by atoms with van der Waals surface area (Å²) >= 11 is 0. The van der Waals surface area contributed by atoms with E-state index in [2.05, 4.69) is 0 Å². The van der Waals surface area contributed by atoms with Gasteiger partial charge in [-0.1, -0.05) is 0 Å². The van der Waals surface area contributed by atoms with Crippen LogP contribution in [0, 0.1) is 0 Å². The summed E-state index contributed by atoms with van der Waals surface area (Å²) in [7, 11) is 0. The van der Waals surface area contributed by atoms with Crippen LogP contribution in [0.1, 0.15) is 19.8 Å².